The lowest BCUT2D eigenvalue weighted by atomic mass is 9.86. The predicted molar refractivity (Wildman–Crippen MR) is 55.4 cm³/mol. The normalized spacial score (nSPS) is 14.0. The number of hydrogen-bond acceptors (Lipinski definition) is 1. The van der Waals surface area contributed by atoms with Gasteiger partial charge in [0.15, 0.2) is 0 Å². The number of aliphatic hydroxyl groups excluding tert-OH is 1. The van der Waals surface area contributed by atoms with Crippen LogP contribution in [0.25, 0.3) is 0 Å². The highest BCUT2D eigenvalue weighted by molar-refractivity contribution is 5.22. The molecule has 0 aliphatic rings. The molecule has 0 aromatic heterocycles. The lowest BCUT2D eigenvalue weighted by Gasteiger charge is -2.23. The summed E-state index contributed by atoms with van der Waals surface area (Å²) in [5.74, 6) is -1.38. The molecule has 1 unspecified atom stereocenters. The van der Waals surface area contributed by atoms with Gasteiger partial charge in [-0.25, -0.2) is 8.78 Å². The topological polar surface area (TPSA) is 20.2 Å². The molecule has 1 aromatic carbocycles. The Kier molecular flexibility index (Phi) is 3.45. The van der Waals surface area contributed by atoms with Crippen LogP contribution in [-0.2, 0) is 0 Å². The van der Waals surface area contributed by atoms with Crippen molar-refractivity contribution in [2.45, 2.75) is 33.3 Å². The lowest BCUT2D eigenvalue weighted by Crippen LogP contribution is -2.14. The molecule has 84 valence electrons. The van der Waals surface area contributed by atoms with Crippen molar-refractivity contribution in [3.05, 3.63) is 35.4 Å². The highest BCUT2D eigenvalue weighted by Gasteiger charge is 2.23. The summed E-state index contributed by atoms with van der Waals surface area (Å²) in [5, 5.41) is 9.74. The Morgan fingerprint density at radius 1 is 1.20 bits per heavy atom. The molecule has 15 heavy (non-hydrogen) atoms. The lowest BCUT2D eigenvalue weighted by molar-refractivity contribution is 0.115. The van der Waals surface area contributed by atoms with E-state index in [9.17, 15) is 13.9 Å². The van der Waals surface area contributed by atoms with Gasteiger partial charge in [0.2, 0.25) is 0 Å². The molecule has 1 nitrogen and oxygen atoms in total. The Morgan fingerprint density at radius 2 is 1.67 bits per heavy atom. The van der Waals surface area contributed by atoms with E-state index in [1.165, 1.54) is 6.07 Å². The fraction of sp³-hybridized carbons (Fsp3) is 0.500. The van der Waals surface area contributed by atoms with Gasteiger partial charge in [-0.15, -0.1) is 0 Å². The Balaban J connectivity index is 2.96. The van der Waals surface area contributed by atoms with Crippen molar-refractivity contribution >= 4 is 0 Å². The fourth-order valence-electron chi connectivity index (χ4n) is 1.51. The highest BCUT2D eigenvalue weighted by Crippen LogP contribution is 2.31. The van der Waals surface area contributed by atoms with Gasteiger partial charge in [-0.05, 0) is 24.0 Å². The quantitative estimate of drug-likeness (QED) is 0.799. The smallest absolute Gasteiger partial charge is 0.131 e. The summed E-state index contributed by atoms with van der Waals surface area (Å²) >= 11 is 0. The number of hydrogen-bond donors (Lipinski definition) is 1. The van der Waals surface area contributed by atoms with Crippen LogP contribution in [0.3, 0.4) is 0 Å². The van der Waals surface area contributed by atoms with Crippen LogP contribution in [0.5, 0.6) is 0 Å². The molecule has 0 spiro atoms. The predicted octanol–water partition coefficient (Wildman–Crippen LogP) is 3.43. The first-order valence-corrected chi connectivity index (χ1v) is 4.93. The maximum Gasteiger partial charge on any atom is 0.131 e. The molecular weight excluding hydrogens is 198 g/mol. The van der Waals surface area contributed by atoms with Crippen LogP contribution in [0.4, 0.5) is 8.78 Å². The molecule has 0 amide bonds. The molecule has 0 saturated heterocycles. The van der Waals surface area contributed by atoms with Gasteiger partial charge in [0, 0.05) is 0 Å². The molecule has 0 saturated carbocycles. The molecule has 1 rings (SSSR count). The first kappa shape index (κ1) is 12.1. The molecular formula is C12H16F2O. The van der Waals surface area contributed by atoms with Gasteiger partial charge < -0.3 is 5.11 Å². The van der Waals surface area contributed by atoms with Crippen molar-refractivity contribution in [1.29, 1.82) is 0 Å². The van der Waals surface area contributed by atoms with Gasteiger partial charge in [0.1, 0.15) is 11.6 Å². The van der Waals surface area contributed by atoms with Crippen LogP contribution < -0.4 is 0 Å². The summed E-state index contributed by atoms with van der Waals surface area (Å²) in [7, 11) is 0. The zero-order valence-electron chi connectivity index (χ0n) is 9.22. The highest BCUT2D eigenvalue weighted by atomic mass is 19.1. The Bertz CT molecular complexity index is 322. The van der Waals surface area contributed by atoms with Crippen LogP contribution in [0.2, 0.25) is 0 Å². The van der Waals surface area contributed by atoms with Gasteiger partial charge in [-0.2, -0.15) is 0 Å². The van der Waals surface area contributed by atoms with E-state index >= 15 is 0 Å². The summed E-state index contributed by atoms with van der Waals surface area (Å²) in [6, 6.07) is 3.60. The van der Waals surface area contributed by atoms with E-state index in [-0.39, 0.29) is 11.0 Å². The largest absolute Gasteiger partial charge is 0.388 e. The van der Waals surface area contributed by atoms with Crippen molar-refractivity contribution in [3.8, 4) is 0 Å². The minimum atomic E-state index is -1.09. The Labute approximate surface area is 88.7 Å². The molecule has 1 atom stereocenters. The van der Waals surface area contributed by atoms with Crippen LogP contribution in [0, 0.1) is 17.0 Å². The second-order valence-electron chi connectivity index (χ2n) is 4.92. The van der Waals surface area contributed by atoms with E-state index in [2.05, 4.69) is 0 Å². The third-order valence-electron chi connectivity index (χ3n) is 2.14. The van der Waals surface area contributed by atoms with E-state index in [4.69, 9.17) is 0 Å². The summed E-state index contributed by atoms with van der Waals surface area (Å²) in [6.07, 6.45) is -0.767. The summed E-state index contributed by atoms with van der Waals surface area (Å²) in [4.78, 5) is 0. The molecule has 1 aromatic rings. The number of aliphatic hydroxyl groups is 1. The van der Waals surface area contributed by atoms with E-state index < -0.39 is 17.7 Å². The van der Waals surface area contributed by atoms with Gasteiger partial charge in [-0.1, -0.05) is 26.8 Å². The second-order valence-corrected chi connectivity index (χ2v) is 4.92. The third-order valence-corrected chi connectivity index (χ3v) is 2.14. The van der Waals surface area contributed by atoms with E-state index in [1.807, 2.05) is 20.8 Å². The van der Waals surface area contributed by atoms with Crippen molar-refractivity contribution in [1.82, 2.24) is 0 Å². The molecule has 1 N–H and O–H groups in total. The molecule has 0 aliphatic carbocycles. The molecule has 3 heteroatoms. The molecule has 0 fully saturated rings. The van der Waals surface area contributed by atoms with Crippen molar-refractivity contribution in [2.24, 2.45) is 5.41 Å². The molecule has 0 heterocycles. The molecule has 0 aliphatic heterocycles. The monoisotopic (exact) mass is 214 g/mol. The van der Waals surface area contributed by atoms with Crippen LogP contribution in [0.15, 0.2) is 18.2 Å². The SMILES string of the molecule is CC(C)(C)CC(O)c1c(F)cccc1F. The standard InChI is InChI=1S/C12H16F2O/c1-12(2,3)7-10(15)11-8(13)5-4-6-9(11)14/h4-6,10,15H,7H2,1-3H3. The zero-order chi connectivity index (χ0) is 11.6. The number of benzene rings is 1. The second kappa shape index (κ2) is 4.27. The average molecular weight is 214 g/mol. The zero-order valence-corrected chi connectivity index (χ0v) is 9.22. The average Bonchev–Trinajstić information content (AvgIpc) is 1.99. The summed E-state index contributed by atoms with van der Waals surface area (Å²) in [5.41, 5.74) is -0.402. The molecule has 0 bridgehead atoms. The number of halogens is 2. The van der Waals surface area contributed by atoms with Crippen LogP contribution >= 0.6 is 0 Å². The first-order valence-electron chi connectivity index (χ1n) is 4.93. The van der Waals surface area contributed by atoms with Crippen molar-refractivity contribution in [3.63, 3.8) is 0 Å². The minimum absolute atomic E-state index is 0.172. The van der Waals surface area contributed by atoms with Gasteiger partial charge in [-0.3, -0.25) is 0 Å². The maximum absolute atomic E-state index is 13.3. The Hall–Kier alpha value is -0.960. The van der Waals surface area contributed by atoms with Gasteiger partial charge in [0.25, 0.3) is 0 Å². The Morgan fingerprint density at radius 3 is 2.07 bits per heavy atom. The minimum Gasteiger partial charge on any atom is -0.388 e. The third kappa shape index (κ3) is 3.27. The fourth-order valence-corrected chi connectivity index (χ4v) is 1.51. The maximum atomic E-state index is 13.3. The van der Waals surface area contributed by atoms with E-state index in [1.54, 1.807) is 0 Å². The van der Waals surface area contributed by atoms with Crippen LogP contribution in [-0.4, -0.2) is 5.11 Å². The van der Waals surface area contributed by atoms with Gasteiger partial charge >= 0.3 is 0 Å². The van der Waals surface area contributed by atoms with Crippen molar-refractivity contribution < 1.29 is 13.9 Å². The van der Waals surface area contributed by atoms with Gasteiger partial charge in [0.05, 0.1) is 11.7 Å². The molecule has 0 radical (unpaired) electrons. The van der Waals surface area contributed by atoms with Crippen LogP contribution in [0.1, 0.15) is 38.9 Å². The summed E-state index contributed by atoms with van der Waals surface area (Å²) < 4.78 is 26.6. The van der Waals surface area contributed by atoms with E-state index in [0.717, 1.165) is 12.1 Å². The van der Waals surface area contributed by atoms with E-state index in [0.29, 0.717) is 6.42 Å². The first-order chi connectivity index (χ1) is 6.81. The van der Waals surface area contributed by atoms with Crippen molar-refractivity contribution in [2.75, 3.05) is 0 Å². The number of rotatable bonds is 2. The summed E-state index contributed by atoms with van der Waals surface area (Å²) in [6.45, 7) is 5.74.